The standard InChI is InChI=1S/C15H15ClF3N3O/c1-3-9-8-21-13(15(17,18)19)7-11(9)10-4-5-20-12(6-10)14(23)22(2)16/h4-7,9H,3,8H2,1-2H3/t9-/m0/s1. The average Bonchev–Trinajstić information content (AvgIpc) is 2.52. The number of hydrogen-bond acceptors (Lipinski definition) is 3. The van der Waals surface area contributed by atoms with E-state index in [9.17, 15) is 18.0 Å². The minimum atomic E-state index is -4.49. The highest BCUT2D eigenvalue weighted by Gasteiger charge is 2.37. The highest BCUT2D eigenvalue weighted by molar-refractivity contribution is 6.23. The molecular formula is C15H15ClF3N3O. The van der Waals surface area contributed by atoms with E-state index in [0.29, 0.717) is 17.6 Å². The van der Waals surface area contributed by atoms with Crippen molar-refractivity contribution in [3.05, 3.63) is 35.7 Å². The molecule has 0 spiro atoms. The molecule has 4 nitrogen and oxygen atoms in total. The van der Waals surface area contributed by atoms with Crippen molar-refractivity contribution in [2.45, 2.75) is 19.5 Å². The number of nitrogens with zero attached hydrogens (tertiary/aromatic N) is 3. The molecule has 0 radical (unpaired) electrons. The molecule has 0 unspecified atom stereocenters. The van der Waals surface area contributed by atoms with Crippen molar-refractivity contribution in [2.75, 3.05) is 13.6 Å². The van der Waals surface area contributed by atoms with Crippen molar-refractivity contribution < 1.29 is 18.0 Å². The van der Waals surface area contributed by atoms with Crippen LogP contribution in [-0.2, 0) is 0 Å². The number of alkyl halides is 3. The zero-order chi connectivity index (χ0) is 17.2. The van der Waals surface area contributed by atoms with Gasteiger partial charge in [0.2, 0.25) is 0 Å². The summed E-state index contributed by atoms with van der Waals surface area (Å²) in [4.78, 5) is 19.4. The lowest BCUT2D eigenvalue weighted by Crippen LogP contribution is -2.26. The van der Waals surface area contributed by atoms with E-state index in [1.807, 2.05) is 6.92 Å². The Labute approximate surface area is 136 Å². The molecule has 0 saturated carbocycles. The second-order valence-corrected chi connectivity index (χ2v) is 5.65. The fourth-order valence-corrected chi connectivity index (χ4v) is 2.43. The third-order valence-electron chi connectivity index (χ3n) is 3.59. The van der Waals surface area contributed by atoms with E-state index in [-0.39, 0.29) is 18.2 Å². The highest BCUT2D eigenvalue weighted by Crippen LogP contribution is 2.33. The van der Waals surface area contributed by atoms with Crippen molar-refractivity contribution in [1.82, 2.24) is 9.40 Å². The summed E-state index contributed by atoms with van der Waals surface area (Å²) in [7, 11) is 1.36. The number of carbonyl (C=O) groups excluding carboxylic acids is 1. The summed E-state index contributed by atoms with van der Waals surface area (Å²) >= 11 is 5.60. The monoisotopic (exact) mass is 345 g/mol. The number of pyridine rings is 1. The number of amides is 1. The van der Waals surface area contributed by atoms with Gasteiger partial charge in [0.15, 0.2) is 0 Å². The Morgan fingerprint density at radius 2 is 2.17 bits per heavy atom. The van der Waals surface area contributed by atoms with Crippen LogP contribution in [0.15, 0.2) is 29.4 Å². The number of aliphatic imine (C=N–C) groups is 1. The Bertz CT molecular complexity index is 668. The number of hydrogen-bond donors (Lipinski definition) is 0. The SMILES string of the molecule is CC[C@H]1CN=C(C(F)(F)F)C=C1c1ccnc(C(=O)N(C)Cl)c1. The lowest BCUT2D eigenvalue weighted by molar-refractivity contribution is -0.0580. The second-order valence-electron chi connectivity index (χ2n) is 5.14. The van der Waals surface area contributed by atoms with Gasteiger partial charge in [-0.2, -0.15) is 13.2 Å². The van der Waals surface area contributed by atoms with Gasteiger partial charge in [0.25, 0.3) is 5.91 Å². The maximum absolute atomic E-state index is 12.9. The Kier molecular flexibility index (Phi) is 5.09. The lowest BCUT2D eigenvalue weighted by atomic mass is 9.87. The molecule has 0 saturated heterocycles. The summed E-state index contributed by atoms with van der Waals surface area (Å²) in [5.74, 6) is -0.664. The molecule has 0 fully saturated rings. The molecule has 0 N–H and O–H groups in total. The average molecular weight is 346 g/mol. The number of dihydropyridines is 1. The largest absolute Gasteiger partial charge is 0.432 e. The van der Waals surface area contributed by atoms with Crippen LogP contribution in [0.4, 0.5) is 13.2 Å². The Balaban J connectivity index is 2.45. The van der Waals surface area contributed by atoms with Gasteiger partial charge in [-0.1, -0.05) is 6.92 Å². The molecule has 1 aliphatic rings. The molecule has 1 aromatic rings. The summed E-state index contributed by atoms with van der Waals surface area (Å²) in [6.45, 7) is 1.95. The van der Waals surface area contributed by atoms with Crippen LogP contribution in [0.5, 0.6) is 0 Å². The predicted molar refractivity (Wildman–Crippen MR) is 82.3 cm³/mol. The van der Waals surface area contributed by atoms with E-state index in [2.05, 4.69) is 9.98 Å². The summed E-state index contributed by atoms with van der Waals surface area (Å²) in [6, 6.07) is 3.04. The van der Waals surface area contributed by atoms with Crippen LogP contribution in [0.1, 0.15) is 29.4 Å². The zero-order valence-electron chi connectivity index (χ0n) is 12.6. The van der Waals surface area contributed by atoms with E-state index in [4.69, 9.17) is 11.8 Å². The second kappa shape index (κ2) is 6.70. The third-order valence-corrected chi connectivity index (χ3v) is 3.74. The Morgan fingerprint density at radius 3 is 2.74 bits per heavy atom. The van der Waals surface area contributed by atoms with Crippen LogP contribution in [-0.4, -0.2) is 40.8 Å². The van der Waals surface area contributed by atoms with Crippen LogP contribution < -0.4 is 0 Å². The molecular weight excluding hydrogens is 331 g/mol. The molecule has 1 aromatic heterocycles. The smallest absolute Gasteiger partial charge is 0.280 e. The van der Waals surface area contributed by atoms with Gasteiger partial charge in [0, 0.05) is 37.5 Å². The molecule has 0 aromatic carbocycles. The molecule has 1 amide bonds. The van der Waals surface area contributed by atoms with Gasteiger partial charge in [-0.3, -0.25) is 19.2 Å². The maximum atomic E-state index is 12.9. The van der Waals surface area contributed by atoms with Crippen LogP contribution in [0.3, 0.4) is 0 Å². The summed E-state index contributed by atoms with van der Waals surface area (Å²) in [5.41, 5.74) is 0.192. The topological polar surface area (TPSA) is 45.6 Å². The van der Waals surface area contributed by atoms with Crippen molar-refractivity contribution in [3.8, 4) is 0 Å². The molecule has 2 rings (SSSR count). The normalized spacial score (nSPS) is 18.3. The first-order chi connectivity index (χ1) is 10.7. The minimum Gasteiger partial charge on any atom is -0.280 e. The highest BCUT2D eigenvalue weighted by atomic mass is 35.5. The van der Waals surface area contributed by atoms with E-state index in [1.54, 1.807) is 6.07 Å². The van der Waals surface area contributed by atoms with E-state index >= 15 is 0 Å². The Morgan fingerprint density at radius 1 is 1.48 bits per heavy atom. The number of allylic oxidation sites excluding steroid dienone is 1. The first-order valence-electron chi connectivity index (χ1n) is 6.97. The van der Waals surface area contributed by atoms with Crippen LogP contribution >= 0.6 is 11.8 Å². The van der Waals surface area contributed by atoms with E-state index in [0.717, 1.165) is 10.5 Å². The van der Waals surface area contributed by atoms with Gasteiger partial charge in [0.05, 0.1) is 0 Å². The van der Waals surface area contributed by atoms with Crippen LogP contribution in [0.2, 0.25) is 0 Å². The summed E-state index contributed by atoms with van der Waals surface area (Å²) < 4.78 is 39.6. The van der Waals surface area contributed by atoms with Gasteiger partial charge in [-0.15, -0.1) is 0 Å². The molecule has 0 aliphatic carbocycles. The van der Waals surface area contributed by atoms with Gasteiger partial charge in [-0.05, 0) is 35.8 Å². The third kappa shape index (κ3) is 3.90. The van der Waals surface area contributed by atoms with Gasteiger partial charge in [0.1, 0.15) is 11.4 Å². The quantitative estimate of drug-likeness (QED) is 0.783. The number of rotatable bonds is 3. The van der Waals surface area contributed by atoms with Crippen molar-refractivity contribution >= 4 is 29.0 Å². The Hall–Kier alpha value is -1.89. The van der Waals surface area contributed by atoms with E-state index < -0.39 is 17.8 Å². The lowest BCUT2D eigenvalue weighted by Gasteiger charge is -2.23. The number of aromatic nitrogens is 1. The van der Waals surface area contributed by atoms with Crippen molar-refractivity contribution in [1.29, 1.82) is 0 Å². The fourth-order valence-electron chi connectivity index (χ4n) is 2.34. The molecule has 124 valence electrons. The maximum Gasteiger partial charge on any atom is 0.432 e. The van der Waals surface area contributed by atoms with Gasteiger partial charge < -0.3 is 0 Å². The molecule has 1 atom stereocenters. The fraction of sp³-hybridized carbons (Fsp3) is 0.400. The summed E-state index contributed by atoms with van der Waals surface area (Å²) in [6.07, 6.45) is -1.42. The molecule has 0 bridgehead atoms. The van der Waals surface area contributed by atoms with Crippen LogP contribution in [0.25, 0.3) is 5.57 Å². The van der Waals surface area contributed by atoms with Gasteiger partial charge >= 0.3 is 6.18 Å². The summed E-state index contributed by atoms with van der Waals surface area (Å²) in [5, 5.41) is 0. The minimum absolute atomic E-state index is 0.0676. The molecule has 2 heterocycles. The molecule has 8 heteroatoms. The van der Waals surface area contributed by atoms with E-state index in [1.165, 1.54) is 19.3 Å². The van der Waals surface area contributed by atoms with Crippen molar-refractivity contribution in [2.24, 2.45) is 10.9 Å². The zero-order valence-corrected chi connectivity index (χ0v) is 13.3. The predicted octanol–water partition coefficient (Wildman–Crippen LogP) is 3.73. The molecule has 23 heavy (non-hydrogen) atoms. The number of halogens is 4. The van der Waals surface area contributed by atoms with Crippen LogP contribution in [0, 0.1) is 5.92 Å². The first kappa shape index (κ1) is 17.5. The van der Waals surface area contributed by atoms with Gasteiger partial charge in [-0.25, -0.2) is 0 Å². The first-order valence-corrected chi connectivity index (χ1v) is 7.31. The molecule has 1 aliphatic heterocycles. The number of carbonyl (C=O) groups is 1. The van der Waals surface area contributed by atoms with Crippen molar-refractivity contribution in [3.63, 3.8) is 0 Å².